The maximum atomic E-state index is 2.33. The summed E-state index contributed by atoms with van der Waals surface area (Å²) in [7, 11) is 0. The largest absolute Gasteiger partial charge is 1.00 e. The van der Waals surface area contributed by atoms with Crippen LogP contribution in [0.5, 0.6) is 0 Å². The Morgan fingerprint density at radius 3 is 1.48 bits per heavy atom. The number of hydrogen-bond acceptors (Lipinski definition) is 0. The summed E-state index contributed by atoms with van der Waals surface area (Å²) >= 11 is 0. The van der Waals surface area contributed by atoms with Gasteiger partial charge in [0.1, 0.15) is 0 Å². The minimum absolute atomic E-state index is 0. The normalized spacial score (nSPS) is 10.4. The molecule has 0 atom stereocenters. The first kappa shape index (κ1) is 18.2. The molecule has 0 amide bonds. The summed E-state index contributed by atoms with van der Waals surface area (Å²) < 4.78 is 0. The summed E-state index contributed by atoms with van der Waals surface area (Å²) in [5.74, 6) is 0. The second-order valence-electron chi connectivity index (χ2n) is 5.84. The van der Waals surface area contributed by atoms with E-state index in [0.717, 1.165) is 12.8 Å². The average Bonchev–Trinajstić information content (AvgIpc) is 3.09. The quantitative estimate of drug-likeness (QED) is 0.354. The zero-order chi connectivity index (χ0) is 14.1. The van der Waals surface area contributed by atoms with E-state index in [2.05, 4.69) is 72.8 Å². The standard InChI is InChI=1S/C21H18.2Li/c1-2-9-19-13-16(12-18(19)8-1)6-5-7-17-14-20-10-3-4-11-21(20)15-17;;/h1-4,8-15H,5-7H2;;/q-2;2*+1. The van der Waals surface area contributed by atoms with Crippen molar-refractivity contribution in [3.05, 3.63) is 83.9 Å². The van der Waals surface area contributed by atoms with Gasteiger partial charge in [-0.05, 0) is 19.3 Å². The van der Waals surface area contributed by atoms with Gasteiger partial charge >= 0.3 is 37.7 Å². The van der Waals surface area contributed by atoms with E-state index in [4.69, 9.17) is 0 Å². The maximum absolute atomic E-state index is 2.33. The molecule has 104 valence electrons. The molecule has 0 bridgehead atoms. The molecule has 0 radical (unpaired) electrons. The van der Waals surface area contributed by atoms with Crippen molar-refractivity contribution in [3.63, 3.8) is 0 Å². The molecule has 0 aliphatic rings. The first-order valence-electron chi connectivity index (χ1n) is 7.67. The molecule has 4 aromatic rings. The third-order valence-electron chi connectivity index (χ3n) is 4.29. The molecule has 0 fully saturated rings. The van der Waals surface area contributed by atoms with Crippen LogP contribution in [0.25, 0.3) is 21.5 Å². The fourth-order valence-electron chi connectivity index (χ4n) is 3.22. The fourth-order valence-corrected chi connectivity index (χ4v) is 3.22. The summed E-state index contributed by atoms with van der Waals surface area (Å²) in [5.41, 5.74) is 2.93. The molecule has 4 rings (SSSR count). The molecule has 23 heavy (non-hydrogen) atoms. The maximum Gasteiger partial charge on any atom is 1.00 e. The van der Waals surface area contributed by atoms with Gasteiger partial charge in [-0.25, -0.2) is 0 Å². The zero-order valence-electron chi connectivity index (χ0n) is 14.0. The van der Waals surface area contributed by atoms with Crippen LogP contribution >= 0.6 is 0 Å². The Morgan fingerprint density at radius 1 is 0.609 bits per heavy atom. The summed E-state index contributed by atoms with van der Waals surface area (Å²) in [4.78, 5) is 0. The first-order chi connectivity index (χ1) is 10.4. The van der Waals surface area contributed by atoms with E-state index in [9.17, 15) is 0 Å². The first-order valence-corrected chi connectivity index (χ1v) is 7.67. The van der Waals surface area contributed by atoms with Crippen molar-refractivity contribution in [1.82, 2.24) is 0 Å². The number of aryl methyl sites for hydroxylation is 2. The Kier molecular flexibility index (Phi) is 6.41. The molecule has 0 heterocycles. The van der Waals surface area contributed by atoms with E-state index in [1.165, 1.54) is 39.1 Å². The number of hydrogen-bond donors (Lipinski definition) is 0. The van der Waals surface area contributed by atoms with E-state index in [0.29, 0.717) is 0 Å². The molecule has 0 aliphatic carbocycles. The van der Waals surface area contributed by atoms with Crippen molar-refractivity contribution >= 4 is 21.5 Å². The van der Waals surface area contributed by atoms with Gasteiger partial charge in [0.15, 0.2) is 0 Å². The summed E-state index contributed by atoms with van der Waals surface area (Å²) in [6.45, 7) is 0. The van der Waals surface area contributed by atoms with Gasteiger partial charge in [0.25, 0.3) is 0 Å². The smallest absolute Gasteiger partial charge is 0.165 e. The minimum Gasteiger partial charge on any atom is -0.165 e. The molecular weight excluding hydrogens is 266 g/mol. The molecule has 0 saturated heterocycles. The van der Waals surface area contributed by atoms with Gasteiger partial charge in [-0.3, -0.25) is 0 Å². The second kappa shape index (κ2) is 8.10. The van der Waals surface area contributed by atoms with Gasteiger partial charge < -0.3 is 0 Å². The minimum atomic E-state index is 0. The van der Waals surface area contributed by atoms with Crippen molar-refractivity contribution in [2.45, 2.75) is 19.3 Å². The third kappa shape index (κ3) is 4.04. The van der Waals surface area contributed by atoms with Crippen LogP contribution in [0.15, 0.2) is 72.8 Å². The van der Waals surface area contributed by atoms with E-state index in [1.54, 1.807) is 0 Å². The summed E-state index contributed by atoms with van der Waals surface area (Å²) in [5, 5.41) is 5.47. The van der Waals surface area contributed by atoms with Gasteiger partial charge in [0, 0.05) is 0 Å². The van der Waals surface area contributed by atoms with Crippen molar-refractivity contribution in [3.8, 4) is 0 Å². The topological polar surface area (TPSA) is 0 Å². The van der Waals surface area contributed by atoms with Crippen LogP contribution < -0.4 is 37.7 Å². The molecule has 2 heteroatoms. The molecular formula is C21H18Li2. The number of benzene rings is 2. The number of fused-ring (bicyclic) bond motifs is 2. The van der Waals surface area contributed by atoms with Crippen molar-refractivity contribution in [2.24, 2.45) is 0 Å². The monoisotopic (exact) mass is 284 g/mol. The Morgan fingerprint density at radius 2 is 1.04 bits per heavy atom. The molecule has 0 aromatic heterocycles. The molecule has 0 aliphatic heterocycles. The van der Waals surface area contributed by atoms with E-state index >= 15 is 0 Å². The van der Waals surface area contributed by atoms with E-state index < -0.39 is 0 Å². The third-order valence-corrected chi connectivity index (χ3v) is 4.29. The Hall–Kier alpha value is -1.15. The van der Waals surface area contributed by atoms with Crippen LogP contribution in [0.1, 0.15) is 17.5 Å². The predicted molar refractivity (Wildman–Crippen MR) is 91.1 cm³/mol. The predicted octanol–water partition coefficient (Wildman–Crippen LogP) is -0.386. The SMILES string of the molecule is [Li+].[Li+].c1ccc2[cH-]c(CCCc3cc4ccccc4[cH-]3)cc2c1. The Bertz CT molecular complexity index is 743. The Labute approximate surface area is 162 Å². The van der Waals surface area contributed by atoms with Gasteiger partial charge in [0.2, 0.25) is 0 Å². The van der Waals surface area contributed by atoms with Gasteiger partial charge in [-0.1, -0.05) is 12.1 Å². The molecule has 0 saturated carbocycles. The number of rotatable bonds is 4. The van der Waals surface area contributed by atoms with Crippen LogP contribution in [0.3, 0.4) is 0 Å². The second-order valence-corrected chi connectivity index (χ2v) is 5.84. The van der Waals surface area contributed by atoms with Crippen LogP contribution in [0.4, 0.5) is 0 Å². The Balaban J connectivity index is 0.000000960. The van der Waals surface area contributed by atoms with Crippen LogP contribution in [0, 0.1) is 0 Å². The van der Waals surface area contributed by atoms with Crippen LogP contribution in [0.2, 0.25) is 0 Å². The van der Waals surface area contributed by atoms with Crippen molar-refractivity contribution < 1.29 is 37.7 Å². The molecule has 0 spiro atoms. The van der Waals surface area contributed by atoms with Crippen molar-refractivity contribution in [2.75, 3.05) is 0 Å². The van der Waals surface area contributed by atoms with E-state index in [1.807, 2.05) is 0 Å². The summed E-state index contributed by atoms with van der Waals surface area (Å²) in [6, 6.07) is 26.6. The van der Waals surface area contributed by atoms with Crippen molar-refractivity contribution in [1.29, 1.82) is 0 Å². The molecule has 0 N–H and O–H groups in total. The van der Waals surface area contributed by atoms with Gasteiger partial charge in [-0.2, -0.15) is 12.1 Å². The van der Waals surface area contributed by atoms with E-state index in [-0.39, 0.29) is 37.7 Å². The summed E-state index contributed by atoms with van der Waals surface area (Å²) in [6.07, 6.45) is 3.54. The zero-order valence-corrected chi connectivity index (χ0v) is 14.0. The van der Waals surface area contributed by atoms with Gasteiger partial charge in [0.05, 0.1) is 0 Å². The van der Waals surface area contributed by atoms with Crippen LogP contribution in [-0.4, -0.2) is 0 Å². The fraction of sp³-hybridized carbons (Fsp3) is 0.143. The van der Waals surface area contributed by atoms with Gasteiger partial charge in [-0.15, -0.1) is 81.2 Å². The molecule has 0 nitrogen and oxygen atoms in total. The average molecular weight is 284 g/mol. The molecule has 0 unspecified atom stereocenters. The molecule has 4 aromatic carbocycles. The van der Waals surface area contributed by atoms with Crippen LogP contribution in [-0.2, 0) is 12.8 Å².